The molecule has 1 rings (SSSR count). The highest BCUT2D eigenvalue weighted by atomic mass is 32.2. The lowest BCUT2D eigenvalue weighted by Crippen LogP contribution is -2.44. The fourth-order valence-electron chi connectivity index (χ4n) is 2.07. The largest absolute Gasteiger partial charge is 0.340 e. The third-order valence-corrected chi connectivity index (χ3v) is 4.13. The zero-order valence-electron chi connectivity index (χ0n) is 11.0. The van der Waals surface area contributed by atoms with E-state index in [-0.39, 0.29) is 17.6 Å². The molecule has 1 heterocycles. The molecule has 18 heavy (non-hydrogen) atoms. The van der Waals surface area contributed by atoms with E-state index in [0.29, 0.717) is 13.1 Å². The number of rotatable bonds is 5. The van der Waals surface area contributed by atoms with Crippen molar-refractivity contribution in [1.82, 2.24) is 4.90 Å². The number of nitriles is 1. The SMILES string of the molecule is CCCC(C)C(=O)C(C#N)C(=O)N1CCSCC1. The molecule has 4 nitrogen and oxygen atoms in total. The van der Waals surface area contributed by atoms with Crippen molar-refractivity contribution in [2.75, 3.05) is 24.6 Å². The van der Waals surface area contributed by atoms with Gasteiger partial charge in [-0.3, -0.25) is 9.59 Å². The summed E-state index contributed by atoms with van der Waals surface area (Å²) in [7, 11) is 0. The second-order valence-corrected chi connectivity index (χ2v) is 5.82. The van der Waals surface area contributed by atoms with Gasteiger partial charge in [-0.1, -0.05) is 20.3 Å². The maximum atomic E-state index is 12.2. The predicted octanol–water partition coefficient (Wildman–Crippen LogP) is 1.71. The lowest BCUT2D eigenvalue weighted by Gasteiger charge is -2.28. The number of carbonyl (C=O) groups excluding carboxylic acids is 2. The Morgan fingerprint density at radius 3 is 2.50 bits per heavy atom. The zero-order chi connectivity index (χ0) is 13.5. The molecular weight excluding hydrogens is 248 g/mol. The van der Waals surface area contributed by atoms with Gasteiger partial charge in [-0.2, -0.15) is 17.0 Å². The molecule has 1 amide bonds. The molecule has 5 heteroatoms. The van der Waals surface area contributed by atoms with Crippen molar-refractivity contribution in [3.8, 4) is 6.07 Å². The number of ketones is 1. The fraction of sp³-hybridized carbons (Fsp3) is 0.769. The summed E-state index contributed by atoms with van der Waals surface area (Å²) in [6.45, 7) is 5.10. The summed E-state index contributed by atoms with van der Waals surface area (Å²) < 4.78 is 0. The molecule has 0 aliphatic carbocycles. The highest BCUT2D eigenvalue weighted by Crippen LogP contribution is 2.17. The zero-order valence-corrected chi connectivity index (χ0v) is 11.8. The van der Waals surface area contributed by atoms with Crippen LogP contribution in [0.4, 0.5) is 0 Å². The molecule has 1 aliphatic heterocycles. The summed E-state index contributed by atoms with van der Waals surface area (Å²) in [5.41, 5.74) is 0. The summed E-state index contributed by atoms with van der Waals surface area (Å²) in [6, 6.07) is 1.89. The number of carbonyl (C=O) groups is 2. The number of hydrogen-bond donors (Lipinski definition) is 0. The first kappa shape index (κ1) is 15.0. The lowest BCUT2D eigenvalue weighted by molar-refractivity contribution is -0.140. The summed E-state index contributed by atoms with van der Waals surface area (Å²) in [5.74, 6) is -0.0451. The summed E-state index contributed by atoms with van der Waals surface area (Å²) >= 11 is 1.80. The number of amides is 1. The standard InChI is InChI=1S/C13H20N2O2S/c1-3-4-10(2)12(16)11(9-14)13(17)15-5-7-18-8-6-15/h10-11H,3-8H2,1-2H3. The van der Waals surface area contributed by atoms with Crippen molar-refractivity contribution >= 4 is 23.5 Å². The number of nitrogens with zero attached hydrogens (tertiary/aromatic N) is 2. The molecule has 0 radical (unpaired) electrons. The molecule has 0 N–H and O–H groups in total. The predicted molar refractivity (Wildman–Crippen MR) is 72.1 cm³/mol. The third kappa shape index (κ3) is 3.74. The monoisotopic (exact) mass is 268 g/mol. The maximum Gasteiger partial charge on any atom is 0.247 e. The molecule has 0 saturated carbocycles. The van der Waals surface area contributed by atoms with Crippen LogP contribution in [0.15, 0.2) is 0 Å². The van der Waals surface area contributed by atoms with E-state index in [4.69, 9.17) is 5.26 Å². The fourth-order valence-corrected chi connectivity index (χ4v) is 2.97. The Morgan fingerprint density at radius 1 is 1.39 bits per heavy atom. The van der Waals surface area contributed by atoms with E-state index in [2.05, 4.69) is 0 Å². The molecule has 0 aromatic rings. The van der Waals surface area contributed by atoms with E-state index >= 15 is 0 Å². The highest BCUT2D eigenvalue weighted by Gasteiger charge is 2.33. The van der Waals surface area contributed by atoms with Crippen LogP contribution in [-0.4, -0.2) is 41.2 Å². The Labute approximate surface area is 113 Å². The van der Waals surface area contributed by atoms with Crippen molar-refractivity contribution in [3.05, 3.63) is 0 Å². The second-order valence-electron chi connectivity index (χ2n) is 4.59. The molecule has 2 unspecified atom stereocenters. The smallest absolute Gasteiger partial charge is 0.247 e. The van der Waals surface area contributed by atoms with Crippen molar-refractivity contribution in [3.63, 3.8) is 0 Å². The average Bonchev–Trinajstić information content (AvgIpc) is 2.40. The van der Waals surface area contributed by atoms with Crippen LogP contribution >= 0.6 is 11.8 Å². The summed E-state index contributed by atoms with van der Waals surface area (Å²) in [6.07, 6.45) is 1.62. The number of hydrogen-bond acceptors (Lipinski definition) is 4. The van der Waals surface area contributed by atoms with Crippen LogP contribution in [-0.2, 0) is 9.59 Å². The van der Waals surface area contributed by atoms with Gasteiger partial charge in [0, 0.05) is 30.5 Å². The first-order chi connectivity index (χ1) is 8.61. The van der Waals surface area contributed by atoms with Crippen LogP contribution in [0.2, 0.25) is 0 Å². The van der Waals surface area contributed by atoms with Crippen LogP contribution in [0, 0.1) is 23.2 Å². The van der Waals surface area contributed by atoms with Gasteiger partial charge in [-0.15, -0.1) is 0 Å². The Morgan fingerprint density at radius 2 is 2.00 bits per heavy atom. The van der Waals surface area contributed by atoms with E-state index in [9.17, 15) is 9.59 Å². The van der Waals surface area contributed by atoms with Crippen LogP contribution < -0.4 is 0 Å². The molecule has 100 valence electrons. The average molecular weight is 268 g/mol. The maximum absolute atomic E-state index is 12.2. The first-order valence-corrected chi connectivity index (χ1v) is 7.57. The molecule has 1 saturated heterocycles. The molecule has 0 bridgehead atoms. The first-order valence-electron chi connectivity index (χ1n) is 6.41. The van der Waals surface area contributed by atoms with Crippen LogP contribution in [0.1, 0.15) is 26.7 Å². The normalized spacial score (nSPS) is 18.8. The minimum Gasteiger partial charge on any atom is -0.340 e. The Kier molecular flexibility index (Phi) is 6.20. The van der Waals surface area contributed by atoms with Gasteiger partial charge in [-0.05, 0) is 6.42 Å². The Balaban J connectivity index is 2.67. The second kappa shape index (κ2) is 7.42. The third-order valence-electron chi connectivity index (χ3n) is 3.19. The van der Waals surface area contributed by atoms with Gasteiger partial charge >= 0.3 is 0 Å². The van der Waals surface area contributed by atoms with Gasteiger partial charge < -0.3 is 4.90 Å². The van der Waals surface area contributed by atoms with Crippen molar-refractivity contribution < 1.29 is 9.59 Å². The minimum absolute atomic E-state index is 0.206. The van der Waals surface area contributed by atoms with Crippen LogP contribution in [0.25, 0.3) is 0 Å². The van der Waals surface area contributed by atoms with Gasteiger partial charge in [0.1, 0.15) is 0 Å². The molecule has 0 aromatic heterocycles. The molecule has 2 atom stereocenters. The van der Waals surface area contributed by atoms with Crippen molar-refractivity contribution in [2.45, 2.75) is 26.7 Å². The van der Waals surface area contributed by atoms with Gasteiger partial charge in [-0.25, -0.2) is 0 Å². The molecule has 1 fully saturated rings. The molecule has 1 aliphatic rings. The lowest BCUT2D eigenvalue weighted by atomic mass is 9.91. The van der Waals surface area contributed by atoms with E-state index in [1.54, 1.807) is 23.6 Å². The van der Waals surface area contributed by atoms with Crippen molar-refractivity contribution in [1.29, 1.82) is 5.26 Å². The highest BCUT2D eigenvalue weighted by molar-refractivity contribution is 7.99. The quantitative estimate of drug-likeness (QED) is 0.712. The van der Waals surface area contributed by atoms with E-state index in [1.165, 1.54) is 0 Å². The topological polar surface area (TPSA) is 61.2 Å². The Hall–Kier alpha value is -1.02. The van der Waals surface area contributed by atoms with E-state index < -0.39 is 5.92 Å². The van der Waals surface area contributed by atoms with Crippen molar-refractivity contribution in [2.24, 2.45) is 11.8 Å². The van der Waals surface area contributed by atoms with Gasteiger partial charge in [0.05, 0.1) is 6.07 Å². The Bertz CT molecular complexity index is 345. The van der Waals surface area contributed by atoms with E-state index in [0.717, 1.165) is 24.3 Å². The summed E-state index contributed by atoms with van der Waals surface area (Å²) in [4.78, 5) is 25.9. The molecule has 0 aromatic carbocycles. The molecular formula is C13H20N2O2S. The van der Waals surface area contributed by atoms with Gasteiger partial charge in [0.15, 0.2) is 11.7 Å². The van der Waals surface area contributed by atoms with Crippen LogP contribution in [0.5, 0.6) is 0 Å². The van der Waals surface area contributed by atoms with E-state index in [1.807, 2.05) is 13.0 Å². The number of thioether (sulfide) groups is 1. The summed E-state index contributed by atoms with van der Waals surface area (Å²) in [5, 5.41) is 9.09. The van der Waals surface area contributed by atoms with Crippen LogP contribution in [0.3, 0.4) is 0 Å². The van der Waals surface area contributed by atoms with Gasteiger partial charge in [0.2, 0.25) is 5.91 Å². The number of Topliss-reactive ketones (excluding diaryl/α,β-unsaturated/α-hetero) is 1. The van der Waals surface area contributed by atoms with Gasteiger partial charge in [0.25, 0.3) is 0 Å². The minimum atomic E-state index is -1.10. The molecule has 0 spiro atoms.